The molecule has 0 bridgehead atoms. The van der Waals surface area contributed by atoms with Crippen molar-refractivity contribution in [1.82, 2.24) is 5.32 Å². The Labute approximate surface area is 99.4 Å². The largest absolute Gasteiger partial charge is 0.310 e. The van der Waals surface area contributed by atoms with Gasteiger partial charge in [-0.15, -0.1) is 0 Å². The third-order valence-electron chi connectivity index (χ3n) is 1.83. The molecular weight excluding hydrogens is 240 g/mol. The fourth-order valence-electron chi connectivity index (χ4n) is 1.04. The summed E-state index contributed by atoms with van der Waals surface area (Å²) in [6, 6.07) is 3.85. The fraction of sp³-hybridized carbons (Fsp3) is 0.400. The van der Waals surface area contributed by atoms with Gasteiger partial charge in [0.05, 0.1) is 10.0 Å². The van der Waals surface area contributed by atoms with Crippen LogP contribution in [0.1, 0.15) is 19.4 Å². The van der Waals surface area contributed by atoms with Gasteiger partial charge in [-0.05, 0) is 12.1 Å². The number of hydrogen-bond donors (Lipinski definition) is 1. The Morgan fingerprint density at radius 2 is 1.71 bits per heavy atom. The maximum absolute atomic E-state index is 6.03. The molecule has 0 radical (unpaired) electrons. The van der Waals surface area contributed by atoms with E-state index < -0.39 is 0 Å². The van der Waals surface area contributed by atoms with Crippen molar-refractivity contribution in [2.24, 2.45) is 0 Å². The average molecular weight is 253 g/mol. The van der Waals surface area contributed by atoms with Crippen LogP contribution in [0.3, 0.4) is 0 Å². The first-order valence-electron chi connectivity index (χ1n) is 4.38. The molecule has 0 saturated heterocycles. The first-order chi connectivity index (χ1) is 6.52. The molecule has 78 valence electrons. The number of nitrogens with one attached hydrogen (secondary N) is 1. The molecule has 0 aliphatic carbocycles. The molecule has 1 N–H and O–H groups in total. The van der Waals surface area contributed by atoms with Gasteiger partial charge in [-0.2, -0.15) is 0 Å². The second-order valence-electron chi connectivity index (χ2n) is 3.36. The predicted octanol–water partition coefficient (Wildman–Crippen LogP) is 4.14. The lowest BCUT2D eigenvalue weighted by Gasteiger charge is -2.11. The van der Waals surface area contributed by atoms with Crippen molar-refractivity contribution in [2.45, 2.75) is 26.4 Å². The Hall–Kier alpha value is 0.0500. The van der Waals surface area contributed by atoms with Gasteiger partial charge < -0.3 is 5.32 Å². The summed E-state index contributed by atoms with van der Waals surface area (Å²) in [7, 11) is 0. The maximum Gasteiger partial charge on any atom is 0.0652 e. The standard InChI is InChI=1S/C10H12Cl3N/c1-6(2)14-5-7-8(11)3-4-9(12)10(7)13/h3-4,6,14H,5H2,1-2H3. The van der Waals surface area contributed by atoms with E-state index in [0.29, 0.717) is 27.7 Å². The molecule has 0 aliphatic heterocycles. The van der Waals surface area contributed by atoms with Crippen LogP contribution in [0, 0.1) is 0 Å². The summed E-state index contributed by atoms with van der Waals surface area (Å²) in [6.07, 6.45) is 0. The fourth-order valence-corrected chi connectivity index (χ4v) is 1.72. The van der Waals surface area contributed by atoms with Gasteiger partial charge in [-0.25, -0.2) is 0 Å². The van der Waals surface area contributed by atoms with E-state index >= 15 is 0 Å². The monoisotopic (exact) mass is 251 g/mol. The lowest BCUT2D eigenvalue weighted by atomic mass is 10.2. The van der Waals surface area contributed by atoms with Crippen molar-refractivity contribution in [2.75, 3.05) is 0 Å². The smallest absolute Gasteiger partial charge is 0.0652 e. The van der Waals surface area contributed by atoms with Crippen molar-refractivity contribution >= 4 is 34.8 Å². The van der Waals surface area contributed by atoms with Crippen LogP contribution in [-0.4, -0.2) is 6.04 Å². The first-order valence-corrected chi connectivity index (χ1v) is 5.51. The highest BCUT2D eigenvalue weighted by Gasteiger charge is 2.09. The number of benzene rings is 1. The van der Waals surface area contributed by atoms with E-state index in [0.717, 1.165) is 5.56 Å². The summed E-state index contributed by atoms with van der Waals surface area (Å²) in [5.74, 6) is 0. The summed E-state index contributed by atoms with van der Waals surface area (Å²) in [6.45, 7) is 4.76. The lowest BCUT2D eigenvalue weighted by molar-refractivity contribution is 0.589. The average Bonchev–Trinajstić information content (AvgIpc) is 2.11. The van der Waals surface area contributed by atoms with Crippen LogP contribution in [-0.2, 0) is 6.54 Å². The quantitative estimate of drug-likeness (QED) is 0.797. The molecule has 1 nitrogen and oxygen atoms in total. The molecule has 1 rings (SSSR count). The molecular formula is C10H12Cl3N. The molecule has 0 fully saturated rings. The van der Waals surface area contributed by atoms with E-state index in [1.54, 1.807) is 12.1 Å². The molecule has 0 atom stereocenters. The van der Waals surface area contributed by atoms with E-state index in [2.05, 4.69) is 19.2 Å². The lowest BCUT2D eigenvalue weighted by Crippen LogP contribution is -2.22. The van der Waals surface area contributed by atoms with Gasteiger partial charge in [0.1, 0.15) is 0 Å². The Morgan fingerprint density at radius 1 is 1.14 bits per heavy atom. The molecule has 1 aromatic carbocycles. The maximum atomic E-state index is 6.03. The predicted molar refractivity (Wildman–Crippen MR) is 63.4 cm³/mol. The molecule has 0 unspecified atom stereocenters. The summed E-state index contributed by atoms with van der Waals surface area (Å²) < 4.78 is 0. The zero-order chi connectivity index (χ0) is 10.7. The summed E-state index contributed by atoms with van der Waals surface area (Å²) in [5, 5.41) is 4.96. The number of hydrogen-bond acceptors (Lipinski definition) is 1. The molecule has 0 aliphatic rings. The highest BCUT2D eigenvalue weighted by atomic mass is 35.5. The zero-order valence-electron chi connectivity index (χ0n) is 8.07. The molecule has 0 heterocycles. The Balaban J connectivity index is 2.89. The van der Waals surface area contributed by atoms with Crippen molar-refractivity contribution in [3.8, 4) is 0 Å². The topological polar surface area (TPSA) is 12.0 Å². The minimum absolute atomic E-state index is 0.390. The van der Waals surface area contributed by atoms with Crippen molar-refractivity contribution in [3.63, 3.8) is 0 Å². The minimum Gasteiger partial charge on any atom is -0.310 e. The highest BCUT2D eigenvalue weighted by Crippen LogP contribution is 2.31. The molecule has 4 heteroatoms. The molecule has 1 aromatic rings. The SMILES string of the molecule is CC(C)NCc1c(Cl)ccc(Cl)c1Cl. The van der Waals surface area contributed by atoms with Gasteiger partial charge in [0.25, 0.3) is 0 Å². The minimum atomic E-state index is 0.390. The van der Waals surface area contributed by atoms with Gasteiger partial charge in [-0.3, -0.25) is 0 Å². The van der Waals surface area contributed by atoms with Gasteiger partial charge in [0.15, 0.2) is 0 Å². The van der Waals surface area contributed by atoms with Crippen LogP contribution in [0.25, 0.3) is 0 Å². The van der Waals surface area contributed by atoms with Crippen LogP contribution < -0.4 is 5.32 Å². The summed E-state index contributed by atoms with van der Waals surface area (Å²) >= 11 is 17.9. The van der Waals surface area contributed by atoms with Crippen LogP contribution in [0.2, 0.25) is 15.1 Å². The van der Waals surface area contributed by atoms with Crippen molar-refractivity contribution in [1.29, 1.82) is 0 Å². The van der Waals surface area contributed by atoms with Gasteiger partial charge in [0, 0.05) is 23.2 Å². The van der Waals surface area contributed by atoms with Crippen LogP contribution >= 0.6 is 34.8 Å². The first kappa shape index (κ1) is 12.1. The van der Waals surface area contributed by atoms with Crippen molar-refractivity contribution in [3.05, 3.63) is 32.8 Å². The second-order valence-corrected chi connectivity index (χ2v) is 4.55. The van der Waals surface area contributed by atoms with Crippen LogP contribution in [0.15, 0.2) is 12.1 Å². The van der Waals surface area contributed by atoms with Gasteiger partial charge in [0.2, 0.25) is 0 Å². The van der Waals surface area contributed by atoms with E-state index in [9.17, 15) is 0 Å². The summed E-state index contributed by atoms with van der Waals surface area (Å²) in [5.41, 5.74) is 0.856. The van der Waals surface area contributed by atoms with E-state index in [1.807, 2.05) is 0 Å². The number of rotatable bonds is 3. The normalized spacial score (nSPS) is 11.0. The molecule has 0 saturated carbocycles. The Morgan fingerprint density at radius 3 is 2.29 bits per heavy atom. The molecule has 0 amide bonds. The molecule has 0 aromatic heterocycles. The molecule has 0 spiro atoms. The van der Waals surface area contributed by atoms with Crippen LogP contribution in [0.5, 0.6) is 0 Å². The Bertz CT molecular complexity index is 323. The highest BCUT2D eigenvalue weighted by molar-refractivity contribution is 6.44. The van der Waals surface area contributed by atoms with E-state index in [4.69, 9.17) is 34.8 Å². The third-order valence-corrected chi connectivity index (χ3v) is 3.02. The van der Waals surface area contributed by atoms with E-state index in [-0.39, 0.29) is 0 Å². The zero-order valence-corrected chi connectivity index (χ0v) is 10.3. The second kappa shape index (κ2) is 5.22. The number of halogens is 3. The molecule has 14 heavy (non-hydrogen) atoms. The van der Waals surface area contributed by atoms with Gasteiger partial charge >= 0.3 is 0 Å². The third kappa shape index (κ3) is 3.03. The van der Waals surface area contributed by atoms with E-state index in [1.165, 1.54) is 0 Å². The van der Waals surface area contributed by atoms with Gasteiger partial charge in [-0.1, -0.05) is 48.7 Å². The van der Waals surface area contributed by atoms with Crippen LogP contribution in [0.4, 0.5) is 0 Å². The Kier molecular flexibility index (Phi) is 4.52. The summed E-state index contributed by atoms with van der Waals surface area (Å²) in [4.78, 5) is 0. The van der Waals surface area contributed by atoms with Crippen molar-refractivity contribution < 1.29 is 0 Å².